The summed E-state index contributed by atoms with van der Waals surface area (Å²) < 4.78 is 7.45. The van der Waals surface area contributed by atoms with Gasteiger partial charge in [-0.15, -0.1) is 0 Å². The van der Waals surface area contributed by atoms with Crippen molar-refractivity contribution >= 4 is 11.7 Å². The molecular weight excluding hydrogens is 304 g/mol. The molecule has 1 fully saturated rings. The molecule has 0 bridgehead atoms. The first kappa shape index (κ1) is 16.5. The summed E-state index contributed by atoms with van der Waals surface area (Å²) in [6.07, 6.45) is 2.23. The highest BCUT2D eigenvalue weighted by Crippen LogP contribution is 2.22. The van der Waals surface area contributed by atoms with Crippen molar-refractivity contribution in [3.8, 4) is 5.69 Å². The van der Waals surface area contributed by atoms with E-state index in [0.717, 1.165) is 42.2 Å². The quantitative estimate of drug-likeness (QED) is 0.938. The number of hydrogen-bond acceptors (Lipinski definition) is 3. The van der Waals surface area contributed by atoms with Crippen molar-refractivity contribution in [3.05, 3.63) is 41.7 Å². The normalized spacial score (nSPS) is 17.0. The molecule has 1 N–H and O–H groups in total. The largest absolute Gasteiger partial charge is 0.376 e. The van der Waals surface area contributed by atoms with Crippen molar-refractivity contribution in [2.45, 2.75) is 32.8 Å². The van der Waals surface area contributed by atoms with Crippen molar-refractivity contribution in [2.24, 2.45) is 0 Å². The van der Waals surface area contributed by atoms with E-state index < -0.39 is 0 Å². The number of urea groups is 1. The summed E-state index contributed by atoms with van der Waals surface area (Å²) in [5, 5.41) is 7.50. The Morgan fingerprint density at radius 2 is 2.21 bits per heavy atom. The maximum absolute atomic E-state index is 12.5. The minimum Gasteiger partial charge on any atom is -0.376 e. The van der Waals surface area contributed by atoms with Gasteiger partial charge in [0.2, 0.25) is 0 Å². The van der Waals surface area contributed by atoms with Crippen LogP contribution in [0.15, 0.2) is 30.3 Å². The Kier molecular flexibility index (Phi) is 4.85. The predicted molar refractivity (Wildman–Crippen MR) is 93.7 cm³/mol. The first-order chi connectivity index (χ1) is 11.5. The second-order valence-corrected chi connectivity index (χ2v) is 6.30. The Hall–Kier alpha value is -2.34. The summed E-state index contributed by atoms with van der Waals surface area (Å²) >= 11 is 0. The SMILES string of the molecule is Cc1cc(C)n(-c2ccccc2NC(=O)N(C)C[C@H]2CCCO2)n1. The van der Waals surface area contributed by atoms with Crippen molar-refractivity contribution in [2.75, 3.05) is 25.5 Å². The van der Waals surface area contributed by atoms with E-state index in [1.54, 1.807) is 11.9 Å². The molecule has 0 unspecified atom stereocenters. The van der Waals surface area contributed by atoms with Gasteiger partial charge in [0.1, 0.15) is 0 Å². The number of aryl methyl sites for hydroxylation is 2. The summed E-state index contributed by atoms with van der Waals surface area (Å²) in [6.45, 7) is 5.36. The molecule has 1 aromatic carbocycles. The lowest BCUT2D eigenvalue weighted by Crippen LogP contribution is -2.37. The third kappa shape index (κ3) is 3.59. The molecule has 1 aliphatic heterocycles. The maximum Gasteiger partial charge on any atom is 0.321 e. The Labute approximate surface area is 142 Å². The van der Waals surface area contributed by atoms with E-state index in [-0.39, 0.29) is 12.1 Å². The molecule has 0 saturated carbocycles. The summed E-state index contributed by atoms with van der Waals surface area (Å²) in [4.78, 5) is 14.2. The van der Waals surface area contributed by atoms with Crippen LogP contribution in [-0.2, 0) is 4.74 Å². The average molecular weight is 328 g/mol. The van der Waals surface area contributed by atoms with Crippen LogP contribution in [0.1, 0.15) is 24.2 Å². The Balaban J connectivity index is 1.75. The number of aromatic nitrogens is 2. The number of carbonyl (C=O) groups excluding carboxylic acids is 1. The molecule has 0 spiro atoms. The zero-order chi connectivity index (χ0) is 17.1. The van der Waals surface area contributed by atoms with E-state index in [4.69, 9.17) is 4.74 Å². The van der Waals surface area contributed by atoms with Gasteiger partial charge >= 0.3 is 6.03 Å². The van der Waals surface area contributed by atoms with Crippen LogP contribution in [0.3, 0.4) is 0 Å². The van der Waals surface area contributed by atoms with Crippen molar-refractivity contribution in [3.63, 3.8) is 0 Å². The van der Waals surface area contributed by atoms with Crippen LogP contribution in [0.4, 0.5) is 10.5 Å². The van der Waals surface area contributed by atoms with Gasteiger partial charge < -0.3 is 15.0 Å². The second-order valence-electron chi connectivity index (χ2n) is 6.30. The number of nitrogens with zero attached hydrogens (tertiary/aromatic N) is 3. The van der Waals surface area contributed by atoms with Crippen LogP contribution in [0.2, 0.25) is 0 Å². The molecule has 2 heterocycles. The van der Waals surface area contributed by atoms with Crippen molar-refractivity contribution in [1.82, 2.24) is 14.7 Å². The minimum absolute atomic E-state index is 0.139. The van der Waals surface area contributed by atoms with Gasteiger partial charge in [0, 0.05) is 25.9 Å². The van der Waals surface area contributed by atoms with Crippen LogP contribution in [-0.4, -0.2) is 47.0 Å². The van der Waals surface area contributed by atoms with Gasteiger partial charge in [0.05, 0.1) is 23.2 Å². The predicted octanol–water partition coefficient (Wildman–Crippen LogP) is 3.13. The van der Waals surface area contributed by atoms with Crippen LogP contribution in [0.5, 0.6) is 0 Å². The fraction of sp³-hybridized carbons (Fsp3) is 0.444. The number of hydrogen-bond donors (Lipinski definition) is 1. The topological polar surface area (TPSA) is 59.4 Å². The second kappa shape index (κ2) is 7.05. The average Bonchev–Trinajstić information content (AvgIpc) is 3.17. The molecule has 1 saturated heterocycles. The molecule has 1 aromatic heterocycles. The number of anilines is 1. The molecule has 3 rings (SSSR count). The molecule has 6 heteroatoms. The van der Waals surface area contributed by atoms with Gasteiger partial charge in [-0.2, -0.15) is 5.10 Å². The molecule has 1 aliphatic rings. The molecule has 6 nitrogen and oxygen atoms in total. The fourth-order valence-electron chi connectivity index (χ4n) is 3.02. The lowest BCUT2D eigenvalue weighted by Gasteiger charge is -2.22. The maximum atomic E-state index is 12.5. The highest BCUT2D eigenvalue weighted by Gasteiger charge is 2.20. The standard InChI is InChI=1S/C18H24N4O2/c1-13-11-14(2)22(20-13)17-9-5-4-8-16(17)19-18(23)21(3)12-15-7-6-10-24-15/h4-5,8-9,11,15H,6-7,10,12H2,1-3H3,(H,19,23)/t15-/m1/s1. The van der Waals surface area contributed by atoms with E-state index >= 15 is 0 Å². The summed E-state index contributed by atoms with van der Waals surface area (Å²) in [7, 11) is 1.79. The first-order valence-electron chi connectivity index (χ1n) is 8.31. The highest BCUT2D eigenvalue weighted by molar-refractivity contribution is 5.91. The monoisotopic (exact) mass is 328 g/mol. The van der Waals surface area contributed by atoms with Crippen molar-refractivity contribution < 1.29 is 9.53 Å². The molecule has 128 valence electrons. The zero-order valence-electron chi connectivity index (χ0n) is 14.5. The van der Waals surface area contributed by atoms with Crippen LogP contribution in [0.25, 0.3) is 5.69 Å². The lowest BCUT2D eigenvalue weighted by molar-refractivity contribution is 0.0894. The summed E-state index contributed by atoms with van der Waals surface area (Å²) in [5.41, 5.74) is 3.58. The molecule has 2 aromatic rings. The van der Waals surface area contributed by atoms with Crippen LogP contribution >= 0.6 is 0 Å². The number of likely N-dealkylation sites (N-methyl/N-ethyl adjacent to an activating group) is 1. The molecule has 24 heavy (non-hydrogen) atoms. The summed E-state index contributed by atoms with van der Waals surface area (Å²) in [5.74, 6) is 0. The van der Waals surface area contributed by atoms with Crippen LogP contribution in [0, 0.1) is 13.8 Å². The van der Waals surface area contributed by atoms with E-state index in [9.17, 15) is 4.79 Å². The molecule has 1 atom stereocenters. The number of benzene rings is 1. The minimum atomic E-state index is -0.139. The number of para-hydroxylation sites is 2. The Morgan fingerprint density at radius 3 is 2.88 bits per heavy atom. The number of amides is 2. The van der Waals surface area contributed by atoms with E-state index in [2.05, 4.69) is 10.4 Å². The van der Waals surface area contributed by atoms with E-state index in [0.29, 0.717) is 6.54 Å². The van der Waals surface area contributed by atoms with Gasteiger partial charge in [0.15, 0.2) is 0 Å². The van der Waals surface area contributed by atoms with Gasteiger partial charge in [-0.1, -0.05) is 12.1 Å². The molecule has 2 amide bonds. The molecular formula is C18H24N4O2. The Morgan fingerprint density at radius 1 is 1.42 bits per heavy atom. The number of carbonyl (C=O) groups is 1. The third-order valence-corrected chi connectivity index (χ3v) is 4.23. The zero-order valence-corrected chi connectivity index (χ0v) is 14.5. The van der Waals surface area contributed by atoms with Gasteiger partial charge in [0.25, 0.3) is 0 Å². The van der Waals surface area contributed by atoms with E-state index in [1.807, 2.05) is 48.9 Å². The molecule has 0 radical (unpaired) electrons. The summed E-state index contributed by atoms with van der Waals surface area (Å²) in [6, 6.07) is 9.57. The first-order valence-corrected chi connectivity index (χ1v) is 8.31. The van der Waals surface area contributed by atoms with E-state index in [1.165, 1.54) is 0 Å². The number of ether oxygens (including phenoxy) is 1. The number of rotatable bonds is 4. The Bertz CT molecular complexity index is 720. The lowest BCUT2D eigenvalue weighted by atomic mass is 10.2. The third-order valence-electron chi connectivity index (χ3n) is 4.23. The van der Waals surface area contributed by atoms with Gasteiger partial charge in [-0.05, 0) is 44.9 Å². The van der Waals surface area contributed by atoms with Crippen LogP contribution < -0.4 is 5.32 Å². The highest BCUT2D eigenvalue weighted by atomic mass is 16.5. The van der Waals surface area contributed by atoms with Gasteiger partial charge in [-0.25, -0.2) is 9.48 Å². The fourth-order valence-corrected chi connectivity index (χ4v) is 3.02. The number of nitrogens with one attached hydrogen (secondary N) is 1. The van der Waals surface area contributed by atoms with Crippen molar-refractivity contribution in [1.29, 1.82) is 0 Å². The molecule has 0 aliphatic carbocycles. The van der Waals surface area contributed by atoms with Gasteiger partial charge in [-0.3, -0.25) is 0 Å². The smallest absolute Gasteiger partial charge is 0.321 e.